The second-order valence-corrected chi connectivity index (χ2v) is 10.7. The second kappa shape index (κ2) is 11.4. The topological polar surface area (TPSA) is 89.0 Å². The van der Waals surface area contributed by atoms with Gasteiger partial charge >= 0.3 is 0 Å². The molecule has 0 radical (unpaired) electrons. The molecule has 2 aromatic carbocycles. The monoisotopic (exact) mass is 524 g/mol. The molecule has 0 bridgehead atoms. The maximum absolute atomic E-state index is 13.2. The summed E-state index contributed by atoms with van der Waals surface area (Å²) in [5.74, 6) is 0.779. The Morgan fingerprint density at radius 3 is 2.41 bits per heavy atom. The van der Waals surface area contributed by atoms with Crippen LogP contribution in [-0.2, 0) is 14.6 Å². The van der Waals surface area contributed by atoms with Gasteiger partial charge in [-0.15, -0.1) is 0 Å². The highest BCUT2D eigenvalue weighted by Crippen LogP contribution is 2.39. The highest BCUT2D eigenvalue weighted by Gasteiger charge is 2.25. The van der Waals surface area contributed by atoms with Crippen molar-refractivity contribution in [3.8, 4) is 11.5 Å². The number of anilines is 1. The van der Waals surface area contributed by atoms with Gasteiger partial charge < -0.3 is 26.8 Å². The van der Waals surface area contributed by atoms with E-state index in [1.807, 2.05) is 12.1 Å². The largest absolute Gasteiger partial charge is 1.00 e. The van der Waals surface area contributed by atoms with Crippen LogP contribution in [0.3, 0.4) is 0 Å². The van der Waals surface area contributed by atoms with Gasteiger partial charge in [0.05, 0.1) is 20.9 Å². The van der Waals surface area contributed by atoms with Crippen molar-refractivity contribution in [2.45, 2.75) is 25.2 Å². The number of aromatic nitrogens is 1. The standard InChI is InChI=1S/C23H27N3O5S2.ClH/c1-3-25(4-2)11-12-26(22(27)10-13-33(28,29)17-8-6-5-7-9-17)23-24-18-14-19-20(31-16-30-19)15-21(18)32-23;/h5-9,14-15H,3-4,10-13,16H2,1-2H3;1H/p-1. The van der Waals surface area contributed by atoms with Gasteiger partial charge in [0.15, 0.2) is 26.5 Å². The van der Waals surface area contributed by atoms with Crippen molar-refractivity contribution in [2.24, 2.45) is 0 Å². The van der Waals surface area contributed by atoms with Gasteiger partial charge in [-0.25, -0.2) is 13.4 Å². The van der Waals surface area contributed by atoms with E-state index in [9.17, 15) is 13.2 Å². The van der Waals surface area contributed by atoms with Gasteiger partial charge in [0.1, 0.15) is 0 Å². The first-order chi connectivity index (χ1) is 15.9. The Bertz CT molecular complexity index is 1190. The molecule has 0 atom stereocenters. The molecule has 0 saturated carbocycles. The SMILES string of the molecule is CCN(CC)CCN(C(=O)CCS(=O)(=O)c1ccccc1)c1nc2cc3c(cc2s1)OCO3.[Cl-]. The van der Waals surface area contributed by atoms with E-state index in [0.717, 1.165) is 23.3 Å². The molecular formula is C23H27ClN3O5S2-. The van der Waals surface area contributed by atoms with Gasteiger partial charge in [-0.05, 0) is 25.2 Å². The van der Waals surface area contributed by atoms with E-state index in [1.54, 1.807) is 35.2 Å². The number of halogens is 1. The van der Waals surface area contributed by atoms with Crippen LogP contribution in [0.5, 0.6) is 11.5 Å². The van der Waals surface area contributed by atoms with Crippen LogP contribution in [0.2, 0.25) is 0 Å². The molecule has 8 nitrogen and oxygen atoms in total. The first kappa shape index (κ1) is 26.2. The van der Waals surface area contributed by atoms with Crippen molar-refractivity contribution in [2.75, 3.05) is 43.6 Å². The van der Waals surface area contributed by atoms with Crippen LogP contribution in [0.15, 0.2) is 47.4 Å². The zero-order chi connectivity index (χ0) is 23.4. The number of thiazole rings is 1. The van der Waals surface area contributed by atoms with Crippen molar-refractivity contribution in [3.63, 3.8) is 0 Å². The van der Waals surface area contributed by atoms with Gasteiger partial charge in [0.2, 0.25) is 12.7 Å². The Morgan fingerprint density at radius 2 is 1.74 bits per heavy atom. The summed E-state index contributed by atoms with van der Waals surface area (Å²) in [4.78, 5) is 22.0. The molecule has 0 unspecified atom stereocenters. The smallest absolute Gasteiger partial charge is 0.231 e. The highest BCUT2D eigenvalue weighted by atomic mass is 35.5. The summed E-state index contributed by atoms with van der Waals surface area (Å²) < 4.78 is 37.2. The zero-order valence-corrected chi connectivity index (χ0v) is 21.5. The minimum Gasteiger partial charge on any atom is -1.00 e. The van der Waals surface area contributed by atoms with Crippen LogP contribution >= 0.6 is 11.3 Å². The fraction of sp³-hybridized carbons (Fsp3) is 0.391. The third-order valence-electron chi connectivity index (χ3n) is 5.62. The van der Waals surface area contributed by atoms with E-state index >= 15 is 0 Å². The molecule has 184 valence electrons. The third-order valence-corrected chi connectivity index (χ3v) is 8.40. The molecule has 1 amide bonds. The molecule has 4 rings (SSSR count). The Balaban J connectivity index is 0.00000324. The van der Waals surface area contributed by atoms with Crippen molar-refractivity contribution < 1.29 is 35.1 Å². The quantitative estimate of drug-likeness (QED) is 0.383. The summed E-state index contributed by atoms with van der Waals surface area (Å²) in [5.41, 5.74) is 0.719. The molecule has 34 heavy (non-hydrogen) atoms. The molecule has 2 heterocycles. The number of carbonyl (C=O) groups is 1. The predicted octanol–water partition coefficient (Wildman–Crippen LogP) is 0.568. The number of amides is 1. The molecule has 0 aliphatic carbocycles. The van der Waals surface area contributed by atoms with Crippen LogP contribution in [0.25, 0.3) is 10.2 Å². The lowest BCUT2D eigenvalue weighted by molar-refractivity contribution is -0.118. The number of hydrogen-bond acceptors (Lipinski definition) is 8. The summed E-state index contributed by atoms with van der Waals surface area (Å²) in [5, 5.41) is 0.544. The van der Waals surface area contributed by atoms with Crippen molar-refractivity contribution in [1.29, 1.82) is 0 Å². The summed E-state index contributed by atoms with van der Waals surface area (Å²) in [6, 6.07) is 11.9. The number of benzene rings is 2. The summed E-state index contributed by atoms with van der Waals surface area (Å²) in [7, 11) is -3.55. The number of sulfone groups is 1. The summed E-state index contributed by atoms with van der Waals surface area (Å²) >= 11 is 1.39. The van der Waals surface area contributed by atoms with Crippen LogP contribution in [0.1, 0.15) is 20.3 Å². The maximum Gasteiger partial charge on any atom is 0.231 e. The van der Waals surface area contributed by atoms with Crippen molar-refractivity contribution in [3.05, 3.63) is 42.5 Å². The molecule has 3 aromatic rings. The number of rotatable bonds is 10. The van der Waals surface area contributed by atoms with Crippen molar-refractivity contribution >= 4 is 42.4 Å². The Hall–Kier alpha value is -2.40. The Morgan fingerprint density at radius 1 is 1.06 bits per heavy atom. The number of ether oxygens (including phenoxy) is 2. The van der Waals surface area contributed by atoms with Gasteiger partial charge in [-0.2, -0.15) is 0 Å². The number of fused-ring (bicyclic) bond motifs is 2. The molecule has 1 aliphatic heterocycles. The second-order valence-electron chi connectivity index (χ2n) is 7.62. The number of nitrogens with zero attached hydrogens (tertiary/aromatic N) is 3. The van der Waals surface area contributed by atoms with Gasteiger partial charge in [0.25, 0.3) is 0 Å². The first-order valence-electron chi connectivity index (χ1n) is 10.9. The molecule has 11 heteroatoms. The molecule has 0 spiro atoms. The normalized spacial score (nSPS) is 12.7. The predicted molar refractivity (Wildman–Crippen MR) is 129 cm³/mol. The minimum atomic E-state index is -3.55. The minimum absolute atomic E-state index is 0. The van der Waals surface area contributed by atoms with E-state index in [1.165, 1.54) is 11.3 Å². The van der Waals surface area contributed by atoms with E-state index in [0.29, 0.717) is 29.7 Å². The van der Waals surface area contributed by atoms with E-state index in [-0.39, 0.29) is 42.2 Å². The summed E-state index contributed by atoms with van der Waals surface area (Å²) in [6.07, 6.45) is -0.117. The maximum atomic E-state index is 13.2. The summed E-state index contributed by atoms with van der Waals surface area (Å²) in [6.45, 7) is 7.15. The third kappa shape index (κ3) is 5.80. The lowest BCUT2D eigenvalue weighted by Crippen LogP contribution is -3.00. The average molecular weight is 525 g/mol. The number of likely N-dealkylation sites (N-methyl/N-ethyl adjacent to an activating group) is 1. The molecule has 0 N–H and O–H groups in total. The molecule has 1 aromatic heterocycles. The Labute approximate surface area is 209 Å². The lowest BCUT2D eigenvalue weighted by Gasteiger charge is -2.24. The van der Waals surface area contributed by atoms with Crippen LogP contribution in [0, 0.1) is 0 Å². The lowest BCUT2D eigenvalue weighted by atomic mass is 10.3. The van der Waals surface area contributed by atoms with Crippen molar-refractivity contribution in [1.82, 2.24) is 9.88 Å². The van der Waals surface area contributed by atoms with Crippen LogP contribution in [0.4, 0.5) is 5.13 Å². The zero-order valence-electron chi connectivity index (χ0n) is 19.1. The van der Waals surface area contributed by atoms with Crippen LogP contribution in [-0.4, -0.2) is 62.9 Å². The number of carbonyl (C=O) groups excluding carboxylic acids is 1. The Kier molecular flexibility index (Phi) is 8.75. The van der Waals surface area contributed by atoms with Crippen LogP contribution < -0.4 is 26.8 Å². The van der Waals surface area contributed by atoms with Gasteiger partial charge in [0, 0.05) is 31.6 Å². The van der Waals surface area contributed by atoms with Gasteiger partial charge in [-0.3, -0.25) is 9.69 Å². The molecule has 0 saturated heterocycles. The van der Waals surface area contributed by atoms with E-state index in [2.05, 4.69) is 23.7 Å². The molecular weight excluding hydrogens is 498 g/mol. The van der Waals surface area contributed by atoms with E-state index < -0.39 is 9.84 Å². The molecule has 1 aliphatic rings. The highest BCUT2D eigenvalue weighted by molar-refractivity contribution is 7.91. The number of hydrogen-bond donors (Lipinski definition) is 0. The van der Waals surface area contributed by atoms with E-state index in [4.69, 9.17) is 9.47 Å². The molecule has 0 fully saturated rings. The average Bonchev–Trinajstić information content (AvgIpc) is 3.45. The fourth-order valence-electron chi connectivity index (χ4n) is 3.63. The first-order valence-corrected chi connectivity index (χ1v) is 13.4. The van der Waals surface area contributed by atoms with Gasteiger partial charge in [-0.1, -0.05) is 43.4 Å². The fourth-order valence-corrected chi connectivity index (χ4v) is 5.90.